The highest BCUT2D eigenvalue weighted by Gasteiger charge is 2.31. The number of benzene rings is 1. The molecule has 3 nitrogen and oxygen atoms in total. The zero-order chi connectivity index (χ0) is 16.0. The number of hydrogen-bond donors (Lipinski definition) is 1. The molecule has 0 radical (unpaired) electrons. The summed E-state index contributed by atoms with van der Waals surface area (Å²) in [4.78, 5) is 12.0. The molecule has 1 rings (SSSR count). The summed E-state index contributed by atoms with van der Waals surface area (Å²) in [5.41, 5.74) is -0.892. The van der Waals surface area contributed by atoms with Crippen molar-refractivity contribution in [1.29, 1.82) is 0 Å². The Labute approximate surface area is 137 Å². The molecule has 0 saturated heterocycles. The van der Waals surface area contributed by atoms with E-state index < -0.39 is 17.6 Å². The predicted molar refractivity (Wildman–Crippen MR) is 80.7 cm³/mol. The quantitative estimate of drug-likeness (QED) is 0.690. The van der Waals surface area contributed by atoms with Crippen LogP contribution in [0.15, 0.2) is 22.7 Å². The largest absolute Gasteiger partial charge is 0.416 e. The Kier molecular flexibility index (Phi) is 7.15. The zero-order valence-corrected chi connectivity index (χ0v) is 14.3. The second kappa shape index (κ2) is 8.14. The van der Waals surface area contributed by atoms with Gasteiger partial charge in [0.1, 0.15) is 0 Å². The van der Waals surface area contributed by atoms with E-state index in [0.29, 0.717) is 24.0 Å². The van der Waals surface area contributed by atoms with Gasteiger partial charge < -0.3 is 10.1 Å². The van der Waals surface area contributed by atoms with E-state index in [-0.39, 0.29) is 10.4 Å². The van der Waals surface area contributed by atoms with Gasteiger partial charge in [0, 0.05) is 23.0 Å². The zero-order valence-electron chi connectivity index (χ0n) is 11.1. The lowest BCUT2D eigenvalue weighted by molar-refractivity contribution is -0.137. The van der Waals surface area contributed by atoms with Crippen LogP contribution in [-0.2, 0) is 10.9 Å². The molecule has 0 spiro atoms. The molecule has 21 heavy (non-hydrogen) atoms. The Hall–Kier alpha value is -0.600. The van der Waals surface area contributed by atoms with E-state index in [2.05, 4.69) is 37.2 Å². The standard InChI is InChI=1S/C13H14Br2F3NO2/c1-21-7-9(14)4-5-19-12(20)10-6-8(13(16,17)18)2-3-11(10)15/h2-3,6,9H,4-5,7H2,1H3,(H,19,20). The van der Waals surface area contributed by atoms with Gasteiger partial charge in [0.25, 0.3) is 5.91 Å². The van der Waals surface area contributed by atoms with E-state index in [4.69, 9.17) is 4.74 Å². The van der Waals surface area contributed by atoms with Crippen molar-refractivity contribution >= 4 is 37.8 Å². The van der Waals surface area contributed by atoms with E-state index in [1.807, 2.05) is 0 Å². The number of hydrogen-bond acceptors (Lipinski definition) is 2. The highest BCUT2D eigenvalue weighted by Crippen LogP contribution is 2.31. The van der Waals surface area contributed by atoms with Crippen molar-refractivity contribution in [2.24, 2.45) is 0 Å². The molecule has 8 heteroatoms. The molecule has 1 aromatic rings. The summed E-state index contributed by atoms with van der Waals surface area (Å²) in [7, 11) is 1.56. The van der Waals surface area contributed by atoms with Gasteiger partial charge in [-0.1, -0.05) is 15.9 Å². The number of carbonyl (C=O) groups excluding carboxylic acids is 1. The Balaban J connectivity index is 2.69. The van der Waals surface area contributed by atoms with Crippen LogP contribution in [-0.4, -0.2) is 31.0 Å². The van der Waals surface area contributed by atoms with Gasteiger partial charge in [0.05, 0.1) is 17.7 Å². The molecule has 0 saturated carbocycles. The number of alkyl halides is 4. The fraction of sp³-hybridized carbons (Fsp3) is 0.462. The molecule has 1 unspecified atom stereocenters. The van der Waals surface area contributed by atoms with Crippen LogP contribution in [0.4, 0.5) is 13.2 Å². The van der Waals surface area contributed by atoms with E-state index >= 15 is 0 Å². The van der Waals surface area contributed by atoms with Crippen molar-refractivity contribution in [3.05, 3.63) is 33.8 Å². The Bertz CT molecular complexity index is 495. The summed E-state index contributed by atoms with van der Waals surface area (Å²) in [6.45, 7) is 0.823. The minimum atomic E-state index is -4.48. The van der Waals surface area contributed by atoms with Gasteiger partial charge in [-0.2, -0.15) is 13.2 Å². The second-order valence-electron chi connectivity index (χ2n) is 4.29. The highest BCUT2D eigenvalue weighted by atomic mass is 79.9. The van der Waals surface area contributed by atoms with Crippen molar-refractivity contribution in [3.63, 3.8) is 0 Å². The first-order valence-corrected chi connectivity index (χ1v) is 7.74. The molecule has 0 heterocycles. The molecule has 0 aromatic heterocycles. The number of ether oxygens (including phenoxy) is 1. The lowest BCUT2D eigenvalue weighted by atomic mass is 10.1. The second-order valence-corrected chi connectivity index (χ2v) is 6.44. The van der Waals surface area contributed by atoms with Crippen LogP contribution < -0.4 is 5.32 Å². The van der Waals surface area contributed by atoms with E-state index in [0.717, 1.165) is 12.1 Å². The fourth-order valence-corrected chi connectivity index (χ4v) is 2.50. The summed E-state index contributed by atoms with van der Waals surface area (Å²) in [5, 5.41) is 2.59. The smallest absolute Gasteiger partial charge is 0.384 e. The Morgan fingerprint density at radius 2 is 2.10 bits per heavy atom. The maximum atomic E-state index is 12.6. The topological polar surface area (TPSA) is 38.3 Å². The third-order valence-corrected chi connectivity index (χ3v) is 4.04. The number of methoxy groups -OCH3 is 1. The van der Waals surface area contributed by atoms with Crippen LogP contribution >= 0.6 is 31.9 Å². The molecular formula is C13H14Br2F3NO2. The van der Waals surface area contributed by atoms with Crippen LogP contribution in [0.2, 0.25) is 0 Å². The maximum absolute atomic E-state index is 12.6. The van der Waals surface area contributed by atoms with Gasteiger partial charge in [-0.05, 0) is 40.5 Å². The molecule has 0 aliphatic heterocycles. The maximum Gasteiger partial charge on any atom is 0.416 e. The molecule has 118 valence electrons. The lowest BCUT2D eigenvalue weighted by Gasteiger charge is -2.12. The Morgan fingerprint density at radius 3 is 2.67 bits per heavy atom. The molecule has 1 N–H and O–H groups in total. The summed E-state index contributed by atoms with van der Waals surface area (Å²) in [6.07, 6.45) is -3.87. The molecule has 1 atom stereocenters. The fourth-order valence-electron chi connectivity index (χ4n) is 1.58. The molecule has 1 amide bonds. The third-order valence-electron chi connectivity index (χ3n) is 2.63. The summed E-state index contributed by atoms with van der Waals surface area (Å²) >= 11 is 6.45. The van der Waals surface area contributed by atoms with Gasteiger partial charge in [-0.15, -0.1) is 0 Å². The summed E-state index contributed by atoms with van der Waals surface area (Å²) < 4.78 is 43.2. The third kappa shape index (κ3) is 5.96. The van der Waals surface area contributed by atoms with Crippen LogP contribution in [0.5, 0.6) is 0 Å². The average molecular weight is 433 g/mol. The number of halogens is 5. The number of amides is 1. The first-order chi connectivity index (χ1) is 9.75. The molecule has 0 fully saturated rings. The average Bonchev–Trinajstić information content (AvgIpc) is 2.38. The van der Waals surface area contributed by atoms with Crippen LogP contribution in [0, 0.1) is 0 Å². The van der Waals surface area contributed by atoms with Crippen LogP contribution in [0.1, 0.15) is 22.3 Å². The molecule has 1 aromatic carbocycles. The van der Waals surface area contributed by atoms with Crippen LogP contribution in [0.3, 0.4) is 0 Å². The number of rotatable bonds is 6. The molecule has 0 aliphatic rings. The van der Waals surface area contributed by atoms with Crippen molar-refractivity contribution < 1.29 is 22.7 Å². The minimum Gasteiger partial charge on any atom is -0.384 e. The summed E-state index contributed by atoms with van der Waals surface area (Å²) in [5.74, 6) is -0.551. The van der Waals surface area contributed by atoms with E-state index in [1.54, 1.807) is 7.11 Å². The molecule has 0 aliphatic carbocycles. The summed E-state index contributed by atoms with van der Waals surface area (Å²) in [6, 6.07) is 2.98. The highest BCUT2D eigenvalue weighted by molar-refractivity contribution is 9.10. The van der Waals surface area contributed by atoms with Gasteiger partial charge in [-0.3, -0.25) is 4.79 Å². The lowest BCUT2D eigenvalue weighted by Crippen LogP contribution is -2.27. The first-order valence-electron chi connectivity index (χ1n) is 6.03. The van der Waals surface area contributed by atoms with Crippen molar-refractivity contribution in [2.75, 3.05) is 20.3 Å². The predicted octanol–water partition coefficient (Wildman–Crippen LogP) is 4.00. The number of nitrogens with one attached hydrogen (secondary N) is 1. The van der Waals surface area contributed by atoms with Crippen molar-refractivity contribution in [1.82, 2.24) is 5.32 Å². The monoisotopic (exact) mass is 431 g/mol. The van der Waals surface area contributed by atoms with E-state index in [9.17, 15) is 18.0 Å². The normalized spacial score (nSPS) is 13.0. The van der Waals surface area contributed by atoms with Crippen LogP contribution in [0.25, 0.3) is 0 Å². The van der Waals surface area contributed by atoms with Crippen molar-refractivity contribution in [3.8, 4) is 0 Å². The minimum absolute atomic E-state index is 0.0392. The van der Waals surface area contributed by atoms with Gasteiger partial charge in [0.15, 0.2) is 0 Å². The Morgan fingerprint density at radius 1 is 1.43 bits per heavy atom. The van der Waals surface area contributed by atoms with Gasteiger partial charge in [-0.25, -0.2) is 0 Å². The van der Waals surface area contributed by atoms with E-state index in [1.165, 1.54) is 6.07 Å². The molecular weight excluding hydrogens is 419 g/mol. The van der Waals surface area contributed by atoms with Gasteiger partial charge >= 0.3 is 6.18 Å². The number of carbonyl (C=O) groups is 1. The SMILES string of the molecule is COCC(Br)CCNC(=O)c1cc(C(F)(F)F)ccc1Br. The van der Waals surface area contributed by atoms with Crippen molar-refractivity contribution in [2.45, 2.75) is 17.4 Å². The first kappa shape index (κ1) is 18.4. The molecule has 0 bridgehead atoms. The van der Waals surface area contributed by atoms with Gasteiger partial charge in [0.2, 0.25) is 0 Å².